The van der Waals surface area contributed by atoms with Crippen molar-refractivity contribution < 1.29 is 9.90 Å². The number of amides is 1. The number of carbonyl (C=O) groups is 1. The van der Waals surface area contributed by atoms with Gasteiger partial charge in [-0.2, -0.15) is 5.10 Å². The monoisotopic (exact) mass is 253 g/mol. The van der Waals surface area contributed by atoms with Crippen molar-refractivity contribution in [3.05, 3.63) is 28.2 Å². The number of nitrogens with one attached hydrogen (secondary N) is 1. The molecular formula is C12H19N3O3. The lowest BCUT2D eigenvalue weighted by molar-refractivity contribution is -0.00306. The van der Waals surface area contributed by atoms with E-state index in [2.05, 4.69) is 10.4 Å². The average Bonchev–Trinajstić information content (AvgIpc) is 2.19. The van der Waals surface area contributed by atoms with Crippen molar-refractivity contribution in [2.24, 2.45) is 7.05 Å². The molecule has 0 aromatic carbocycles. The molecule has 6 nitrogen and oxygen atoms in total. The van der Waals surface area contributed by atoms with E-state index in [1.165, 1.54) is 19.2 Å². The molecule has 1 heterocycles. The highest BCUT2D eigenvalue weighted by molar-refractivity contribution is 5.92. The van der Waals surface area contributed by atoms with Gasteiger partial charge in [0.1, 0.15) is 5.69 Å². The van der Waals surface area contributed by atoms with E-state index in [0.29, 0.717) is 0 Å². The van der Waals surface area contributed by atoms with Crippen molar-refractivity contribution in [2.75, 3.05) is 0 Å². The van der Waals surface area contributed by atoms with Crippen LogP contribution in [0.2, 0.25) is 0 Å². The van der Waals surface area contributed by atoms with Gasteiger partial charge in [0, 0.05) is 13.1 Å². The summed E-state index contributed by atoms with van der Waals surface area (Å²) in [7, 11) is 1.47. The summed E-state index contributed by atoms with van der Waals surface area (Å²) < 4.78 is 1.09. The Morgan fingerprint density at radius 3 is 2.33 bits per heavy atom. The van der Waals surface area contributed by atoms with Gasteiger partial charge in [-0.3, -0.25) is 9.59 Å². The zero-order chi connectivity index (χ0) is 14.1. The lowest BCUT2D eigenvalue weighted by Gasteiger charge is -2.37. The number of aryl methyl sites for hydroxylation is 1. The molecule has 18 heavy (non-hydrogen) atoms. The maximum atomic E-state index is 12.0. The fourth-order valence-corrected chi connectivity index (χ4v) is 1.12. The number of aliphatic hydroxyl groups is 1. The van der Waals surface area contributed by atoms with E-state index in [9.17, 15) is 14.7 Å². The highest BCUT2D eigenvalue weighted by Crippen LogP contribution is 2.20. The Bertz CT molecular complexity index is 512. The van der Waals surface area contributed by atoms with Gasteiger partial charge < -0.3 is 10.4 Å². The molecule has 6 heteroatoms. The van der Waals surface area contributed by atoms with Crippen molar-refractivity contribution >= 4 is 5.91 Å². The van der Waals surface area contributed by atoms with Crippen LogP contribution in [-0.2, 0) is 7.05 Å². The Balaban J connectivity index is 2.96. The lowest BCUT2D eigenvalue weighted by atomic mass is 9.86. The Morgan fingerprint density at radius 2 is 1.89 bits per heavy atom. The van der Waals surface area contributed by atoms with E-state index in [-0.39, 0.29) is 11.3 Å². The number of aromatic nitrogens is 2. The molecule has 0 spiro atoms. The Hall–Kier alpha value is -1.69. The molecule has 0 unspecified atom stereocenters. The third-order valence-corrected chi connectivity index (χ3v) is 3.15. The SMILES string of the molecule is Cn1nc(C(=O)NC(C)(C)C(C)(C)O)ccc1=O. The van der Waals surface area contributed by atoms with Crippen LogP contribution in [0.1, 0.15) is 38.2 Å². The van der Waals surface area contributed by atoms with E-state index in [0.717, 1.165) is 4.68 Å². The summed E-state index contributed by atoms with van der Waals surface area (Å²) in [6, 6.07) is 2.64. The molecular weight excluding hydrogens is 234 g/mol. The normalized spacial score (nSPS) is 12.3. The summed E-state index contributed by atoms with van der Waals surface area (Å²) in [5, 5.41) is 16.5. The van der Waals surface area contributed by atoms with Gasteiger partial charge in [-0.05, 0) is 33.8 Å². The first-order chi connectivity index (χ1) is 8.04. The molecule has 0 radical (unpaired) electrons. The van der Waals surface area contributed by atoms with Crippen LogP contribution in [0.5, 0.6) is 0 Å². The third-order valence-electron chi connectivity index (χ3n) is 3.15. The average molecular weight is 253 g/mol. The third kappa shape index (κ3) is 2.95. The highest BCUT2D eigenvalue weighted by Gasteiger charge is 2.36. The predicted octanol–water partition coefficient (Wildman–Crippen LogP) is 0.0596. The Labute approximate surface area is 106 Å². The van der Waals surface area contributed by atoms with Crippen LogP contribution in [0.3, 0.4) is 0 Å². The molecule has 100 valence electrons. The van der Waals surface area contributed by atoms with Gasteiger partial charge in [0.25, 0.3) is 11.5 Å². The van der Waals surface area contributed by atoms with Crippen LogP contribution in [0.25, 0.3) is 0 Å². The number of hydrogen-bond acceptors (Lipinski definition) is 4. The second kappa shape index (κ2) is 4.53. The van der Waals surface area contributed by atoms with Crippen molar-refractivity contribution in [2.45, 2.75) is 38.8 Å². The fourth-order valence-electron chi connectivity index (χ4n) is 1.12. The number of rotatable bonds is 3. The van der Waals surface area contributed by atoms with Crippen LogP contribution in [-0.4, -0.2) is 31.9 Å². The topological polar surface area (TPSA) is 84.2 Å². The molecule has 1 aromatic heterocycles. The molecule has 1 aromatic rings. The lowest BCUT2D eigenvalue weighted by Crippen LogP contribution is -2.57. The minimum absolute atomic E-state index is 0.134. The van der Waals surface area contributed by atoms with Crippen molar-refractivity contribution in [3.8, 4) is 0 Å². The zero-order valence-corrected chi connectivity index (χ0v) is 11.3. The minimum atomic E-state index is -1.08. The molecule has 0 fully saturated rings. The van der Waals surface area contributed by atoms with E-state index >= 15 is 0 Å². The van der Waals surface area contributed by atoms with Crippen LogP contribution >= 0.6 is 0 Å². The summed E-state index contributed by atoms with van der Waals surface area (Å²) in [6.07, 6.45) is 0. The van der Waals surface area contributed by atoms with Crippen LogP contribution in [0.15, 0.2) is 16.9 Å². The van der Waals surface area contributed by atoms with Gasteiger partial charge in [-0.15, -0.1) is 0 Å². The highest BCUT2D eigenvalue weighted by atomic mass is 16.3. The summed E-state index contributed by atoms with van der Waals surface area (Å²) in [5.74, 6) is -0.433. The first-order valence-electron chi connectivity index (χ1n) is 5.64. The summed E-state index contributed by atoms with van der Waals surface area (Å²) in [6.45, 7) is 6.66. The van der Waals surface area contributed by atoms with Crippen LogP contribution in [0.4, 0.5) is 0 Å². The maximum absolute atomic E-state index is 12.0. The first kappa shape index (κ1) is 14.4. The minimum Gasteiger partial charge on any atom is -0.388 e. The fraction of sp³-hybridized carbons (Fsp3) is 0.583. The maximum Gasteiger partial charge on any atom is 0.272 e. The molecule has 0 bridgehead atoms. The van der Waals surface area contributed by atoms with E-state index < -0.39 is 17.0 Å². The number of hydrogen-bond donors (Lipinski definition) is 2. The Kier molecular flexibility index (Phi) is 3.62. The van der Waals surface area contributed by atoms with Gasteiger partial charge in [0.15, 0.2) is 0 Å². The quantitative estimate of drug-likeness (QED) is 0.797. The van der Waals surface area contributed by atoms with E-state index in [4.69, 9.17) is 0 Å². The molecule has 0 aliphatic heterocycles. The molecule has 0 aliphatic rings. The molecule has 1 rings (SSSR count). The van der Waals surface area contributed by atoms with Gasteiger partial charge >= 0.3 is 0 Å². The molecule has 1 amide bonds. The summed E-state index contributed by atoms with van der Waals surface area (Å²) in [5.41, 5.74) is -2.05. The van der Waals surface area contributed by atoms with Gasteiger partial charge in [0.2, 0.25) is 0 Å². The Morgan fingerprint density at radius 1 is 1.33 bits per heavy atom. The standard InChI is InChI=1S/C12H19N3O3/c1-11(2,12(3,4)18)13-10(17)8-6-7-9(16)15(5)14-8/h6-7,18H,1-5H3,(H,13,17). The molecule has 0 aliphatic carbocycles. The second-order valence-electron chi connectivity index (χ2n) is 5.32. The summed E-state index contributed by atoms with van der Waals surface area (Å²) in [4.78, 5) is 23.1. The van der Waals surface area contributed by atoms with Crippen molar-refractivity contribution in [3.63, 3.8) is 0 Å². The molecule has 0 saturated carbocycles. The molecule has 0 saturated heterocycles. The van der Waals surface area contributed by atoms with Gasteiger partial charge in [-0.1, -0.05) is 0 Å². The van der Waals surface area contributed by atoms with Crippen molar-refractivity contribution in [1.82, 2.24) is 15.1 Å². The molecule has 0 atom stereocenters. The van der Waals surface area contributed by atoms with Crippen LogP contribution < -0.4 is 10.9 Å². The zero-order valence-electron chi connectivity index (χ0n) is 11.3. The molecule has 2 N–H and O–H groups in total. The largest absolute Gasteiger partial charge is 0.388 e. The van der Waals surface area contributed by atoms with Gasteiger partial charge in [0.05, 0.1) is 11.1 Å². The number of carbonyl (C=O) groups excluding carboxylic acids is 1. The predicted molar refractivity (Wildman–Crippen MR) is 67.3 cm³/mol. The summed E-state index contributed by atoms with van der Waals surface area (Å²) >= 11 is 0. The van der Waals surface area contributed by atoms with E-state index in [1.54, 1.807) is 27.7 Å². The smallest absolute Gasteiger partial charge is 0.272 e. The first-order valence-corrected chi connectivity index (χ1v) is 5.64. The van der Waals surface area contributed by atoms with Crippen LogP contribution in [0, 0.1) is 0 Å². The van der Waals surface area contributed by atoms with Gasteiger partial charge in [-0.25, -0.2) is 4.68 Å². The second-order valence-corrected chi connectivity index (χ2v) is 5.32. The van der Waals surface area contributed by atoms with E-state index in [1.807, 2.05) is 0 Å². The number of nitrogens with zero attached hydrogens (tertiary/aromatic N) is 2. The van der Waals surface area contributed by atoms with Crippen molar-refractivity contribution in [1.29, 1.82) is 0 Å².